The Morgan fingerprint density at radius 3 is 2.30 bits per heavy atom. The summed E-state index contributed by atoms with van der Waals surface area (Å²) < 4.78 is 29.5. The minimum Gasteiger partial charge on any atom is -0.399 e. The highest BCUT2D eigenvalue weighted by Gasteiger charge is 2.29. The van der Waals surface area contributed by atoms with Crippen molar-refractivity contribution in [1.82, 2.24) is 4.57 Å². The Morgan fingerprint density at radius 1 is 0.889 bits per heavy atom. The molecule has 4 rings (SSSR count). The van der Waals surface area contributed by atoms with E-state index in [1.54, 1.807) is 25.1 Å². The van der Waals surface area contributed by atoms with Crippen LogP contribution in [0.3, 0.4) is 0 Å². The second kappa shape index (κ2) is 6.28. The summed E-state index contributed by atoms with van der Waals surface area (Å²) in [6.07, 6.45) is 0. The lowest BCUT2D eigenvalue weighted by Crippen LogP contribution is -2.07. The van der Waals surface area contributed by atoms with Crippen molar-refractivity contribution in [2.24, 2.45) is 7.05 Å². The van der Waals surface area contributed by atoms with Crippen LogP contribution >= 0.6 is 0 Å². The third kappa shape index (κ3) is 2.71. The SMILES string of the molecule is Cc1ccc(N)cc1S(=O)(=O)c1c(-c2ccccc2)n(C)c2ccccc12. The highest BCUT2D eigenvalue weighted by molar-refractivity contribution is 7.92. The van der Waals surface area contributed by atoms with Gasteiger partial charge in [-0.3, -0.25) is 0 Å². The number of anilines is 1. The van der Waals surface area contributed by atoms with Crippen LogP contribution in [-0.4, -0.2) is 13.0 Å². The first-order valence-electron chi connectivity index (χ1n) is 8.65. The molecule has 0 bridgehead atoms. The van der Waals surface area contributed by atoms with Gasteiger partial charge < -0.3 is 10.3 Å². The molecule has 0 unspecified atom stereocenters. The number of hydrogen-bond donors (Lipinski definition) is 1. The monoisotopic (exact) mass is 376 g/mol. The summed E-state index contributed by atoms with van der Waals surface area (Å²) in [5.41, 5.74) is 9.42. The fourth-order valence-corrected chi connectivity index (χ4v) is 5.54. The number of rotatable bonds is 3. The van der Waals surface area contributed by atoms with Crippen molar-refractivity contribution in [1.29, 1.82) is 0 Å². The zero-order chi connectivity index (χ0) is 19.2. The van der Waals surface area contributed by atoms with Crippen LogP contribution in [0.15, 0.2) is 82.6 Å². The first-order valence-corrected chi connectivity index (χ1v) is 10.1. The van der Waals surface area contributed by atoms with E-state index in [9.17, 15) is 8.42 Å². The molecule has 0 spiro atoms. The van der Waals surface area contributed by atoms with E-state index >= 15 is 0 Å². The van der Waals surface area contributed by atoms with Gasteiger partial charge in [0.2, 0.25) is 9.84 Å². The van der Waals surface area contributed by atoms with Crippen molar-refractivity contribution in [2.75, 3.05) is 5.73 Å². The molecule has 0 radical (unpaired) electrons. The van der Waals surface area contributed by atoms with Gasteiger partial charge in [-0.25, -0.2) is 8.42 Å². The quantitative estimate of drug-likeness (QED) is 0.533. The maximum absolute atomic E-state index is 13.8. The first kappa shape index (κ1) is 17.4. The third-order valence-corrected chi connectivity index (χ3v) is 6.85. The molecule has 0 saturated heterocycles. The van der Waals surface area contributed by atoms with Gasteiger partial charge in [-0.1, -0.05) is 54.6 Å². The zero-order valence-corrected chi connectivity index (χ0v) is 16.0. The van der Waals surface area contributed by atoms with E-state index in [0.717, 1.165) is 11.1 Å². The largest absolute Gasteiger partial charge is 0.399 e. The normalized spacial score (nSPS) is 11.8. The minimum atomic E-state index is -3.78. The van der Waals surface area contributed by atoms with E-state index in [4.69, 9.17) is 5.73 Å². The van der Waals surface area contributed by atoms with Crippen LogP contribution in [0.1, 0.15) is 5.56 Å². The smallest absolute Gasteiger partial charge is 0.209 e. The predicted molar refractivity (Wildman–Crippen MR) is 109 cm³/mol. The lowest BCUT2D eigenvalue weighted by Gasteiger charge is -2.12. The molecule has 0 amide bonds. The van der Waals surface area contributed by atoms with Gasteiger partial charge in [0.15, 0.2) is 0 Å². The highest BCUT2D eigenvalue weighted by Crippen LogP contribution is 2.40. The molecule has 4 nitrogen and oxygen atoms in total. The number of fused-ring (bicyclic) bond motifs is 1. The number of nitrogens with zero attached hydrogens (tertiary/aromatic N) is 1. The van der Waals surface area contributed by atoms with E-state index in [1.807, 2.05) is 66.2 Å². The summed E-state index contributed by atoms with van der Waals surface area (Å²) in [5.74, 6) is 0. The summed E-state index contributed by atoms with van der Waals surface area (Å²) in [5, 5.41) is 0.709. The Hall–Kier alpha value is -3.05. The maximum atomic E-state index is 13.8. The van der Waals surface area contributed by atoms with Crippen molar-refractivity contribution in [2.45, 2.75) is 16.7 Å². The van der Waals surface area contributed by atoms with Gasteiger partial charge in [0.25, 0.3) is 0 Å². The molecule has 0 aliphatic carbocycles. The van der Waals surface area contributed by atoms with Crippen molar-refractivity contribution in [3.05, 3.63) is 78.4 Å². The van der Waals surface area contributed by atoms with Crippen LogP contribution in [0.5, 0.6) is 0 Å². The van der Waals surface area contributed by atoms with Crippen LogP contribution in [-0.2, 0) is 16.9 Å². The molecule has 3 aromatic carbocycles. The molecular weight excluding hydrogens is 356 g/mol. The van der Waals surface area contributed by atoms with E-state index < -0.39 is 9.84 Å². The number of aromatic nitrogens is 1. The highest BCUT2D eigenvalue weighted by atomic mass is 32.2. The first-order chi connectivity index (χ1) is 12.9. The summed E-state index contributed by atoms with van der Waals surface area (Å²) in [7, 11) is -1.88. The summed E-state index contributed by atoms with van der Waals surface area (Å²) in [4.78, 5) is 0.566. The fourth-order valence-electron chi connectivity index (χ4n) is 3.57. The standard InChI is InChI=1S/C22H20N2O2S/c1-15-12-13-17(23)14-20(15)27(25,26)22-18-10-6-7-11-19(18)24(2)21(22)16-8-4-3-5-9-16/h3-14H,23H2,1-2H3. The van der Waals surface area contributed by atoms with Crippen LogP contribution in [0.2, 0.25) is 0 Å². The van der Waals surface area contributed by atoms with Gasteiger partial charge in [0, 0.05) is 23.6 Å². The molecule has 27 heavy (non-hydrogen) atoms. The van der Waals surface area contributed by atoms with E-state index in [2.05, 4.69) is 0 Å². The van der Waals surface area contributed by atoms with Crippen LogP contribution in [0.4, 0.5) is 5.69 Å². The number of aryl methyl sites for hydroxylation is 2. The molecule has 0 aliphatic rings. The van der Waals surface area contributed by atoms with Gasteiger partial charge in [-0.15, -0.1) is 0 Å². The molecule has 0 saturated carbocycles. The third-order valence-electron chi connectivity index (χ3n) is 4.88. The van der Waals surface area contributed by atoms with E-state index in [0.29, 0.717) is 27.2 Å². The maximum Gasteiger partial charge on any atom is 0.209 e. The zero-order valence-electron chi connectivity index (χ0n) is 15.2. The molecule has 1 heterocycles. The Kier molecular flexibility index (Phi) is 4.04. The Bertz CT molecular complexity index is 1260. The minimum absolute atomic E-state index is 0.246. The number of nitrogen functional groups attached to an aromatic ring is 1. The molecular formula is C22H20N2O2S. The Morgan fingerprint density at radius 2 is 1.56 bits per heavy atom. The molecule has 2 N–H and O–H groups in total. The van der Waals surface area contributed by atoms with Crippen LogP contribution in [0, 0.1) is 6.92 Å². The number of nitrogens with two attached hydrogens (primary N) is 1. The van der Waals surface area contributed by atoms with Gasteiger partial charge in [-0.05, 0) is 36.2 Å². The van der Waals surface area contributed by atoms with Crippen molar-refractivity contribution in [3.8, 4) is 11.3 Å². The van der Waals surface area contributed by atoms with Crippen molar-refractivity contribution < 1.29 is 8.42 Å². The second-order valence-corrected chi connectivity index (χ2v) is 8.50. The van der Waals surface area contributed by atoms with Gasteiger partial charge in [0.05, 0.1) is 10.6 Å². The number of hydrogen-bond acceptors (Lipinski definition) is 3. The van der Waals surface area contributed by atoms with Gasteiger partial charge >= 0.3 is 0 Å². The lowest BCUT2D eigenvalue weighted by atomic mass is 10.1. The predicted octanol–water partition coefficient (Wildman–Crippen LogP) is 4.57. The van der Waals surface area contributed by atoms with Crippen molar-refractivity contribution >= 4 is 26.4 Å². The molecule has 4 aromatic rings. The average Bonchev–Trinajstić information content (AvgIpc) is 2.98. The van der Waals surface area contributed by atoms with E-state index in [1.165, 1.54) is 0 Å². The average molecular weight is 376 g/mol. The number of sulfone groups is 1. The molecule has 0 atom stereocenters. The summed E-state index contributed by atoms with van der Waals surface area (Å²) in [6.45, 7) is 1.79. The molecule has 0 aliphatic heterocycles. The Balaban J connectivity index is 2.14. The number of para-hydroxylation sites is 1. The molecule has 1 aromatic heterocycles. The molecule has 0 fully saturated rings. The Labute approximate surface area is 158 Å². The summed E-state index contributed by atoms with van der Waals surface area (Å²) >= 11 is 0. The fraction of sp³-hybridized carbons (Fsp3) is 0.0909. The second-order valence-electron chi connectivity index (χ2n) is 6.65. The molecule has 5 heteroatoms. The van der Waals surface area contributed by atoms with Gasteiger partial charge in [0.1, 0.15) is 4.90 Å². The topological polar surface area (TPSA) is 65.1 Å². The van der Waals surface area contributed by atoms with Gasteiger partial charge in [-0.2, -0.15) is 0 Å². The molecule has 136 valence electrons. The lowest BCUT2D eigenvalue weighted by molar-refractivity contribution is 0.596. The van der Waals surface area contributed by atoms with Crippen molar-refractivity contribution in [3.63, 3.8) is 0 Å². The summed E-state index contributed by atoms with van der Waals surface area (Å²) in [6, 6.07) is 22.2. The van der Waals surface area contributed by atoms with E-state index in [-0.39, 0.29) is 4.90 Å². The van der Waals surface area contributed by atoms with Crippen LogP contribution in [0.25, 0.3) is 22.2 Å². The number of benzene rings is 3. The van der Waals surface area contributed by atoms with Crippen LogP contribution < -0.4 is 5.73 Å².